The highest BCUT2D eigenvalue weighted by molar-refractivity contribution is 5.82. The van der Waals surface area contributed by atoms with Gasteiger partial charge in [0.2, 0.25) is 0 Å². The van der Waals surface area contributed by atoms with E-state index in [1.807, 2.05) is 36.7 Å². The highest BCUT2D eigenvalue weighted by Gasteiger charge is 2.38. The Morgan fingerprint density at radius 1 is 0.833 bits per heavy atom. The molecule has 0 radical (unpaired) electrons. The normalized spacial score (nSPS) is 20.9. The number of hydrogen-bond acceptors (Lipinski definition) is 4. The van der Waals surface area contributed by atoms with E-state index in [1.165, 1.54) is 5.57 Å². The molecule has 0 bridgehead atoms. The first-order valence-electron chi connectivity index (χ1n) is 9.96. The molecule has 0 aromatic carbocycles. The summed E-state index contributed by atoms with van der Waals surface area (Å²) in [4.78, 5) is 8.27. The van der Waals surface area contributed by atoms with Crippen molar-refractivity contribution in [2.75, 3.05) is 0 Å². The quantitative estimate of drug-likeness (QED) is 0.521. The number of rotatable bonds is 4. The van der Waals surface area contributed by atoms with Crippen LogP contribution < -0.4 is 0 Å². The molecule has 4 aromatic heterocycles. The number of nitrogens with one attached hydrogen (secondary N) is 2. The molecule has 6 nitrogen and oxygen atoms in total. The summed E-state index contributed by atoms with van der Waals surface area (Å²) in [6.45, 7) is 4.53. The summed E-state index contributed by atoms with van der Waals surface area (Å²) in [5, 5.41) is 15.1. The molecular formula is C24H22N6. The van der Waals surface area contributed by atoms with Crippen LogP contribution in [0.4, 0.5) is 0 Å². The monoisotopic (exact) mass is 394 g/mol. The maximum Gasteiger partial charge on any atom is 0.0726 e. The third-order valence-corrected chi connectivity index (χ3v) is 6.19. The van der Waals surface area contributed by atoms with E-state index in [1.54, 1.807) is 24.8 Å². The van der Waals surface area contributed by atoms with Gasteiger partial charge < -0.3 is 0 Å². The Bertz CT molecular complexity index is 1220. The van der Waals surface area contributed by atoms with Gasteiger partial charge in [-0.3, -0.25) is 20.2 Å². The van der Waals surface area contributed by atoms with Gasteiger partial charge in [-0.2, -0.15) is 10.2 Å². The molecule has 2 unspecified atom stereocenters. The Hall–Kier alpha value is -3.80. The third-order valence-electron chi connectivity index (χ3n) is 6.19. The summed E-state index contributed by atoms with van der Waals surface area (Å²) < 4.78 is 0. The van der Waals surface area contributed by atoms with Crippen molar-refractivity contribution < 1.29 is 0 Å². The maximum atomic E-state index is 4.38. The van der Waals surface area contributed by atoms with Gasteiger partial charge in [0.15, 0.2) is 0 Å². The summed E-state index contributed by atoms with van der Waals surface area (Å²) in [5.41, 5.74) is 7.47. The molecular weight excluding hydrogens is 372 g/mol. The van der Waals surface area contributed by atoms with E-state index in [-0.39, 0.29) is 11.3 Å². The van der Waals surface area contributed by atoms with Gasteiger partial charge in [0.1, 0.15) is 0 Å². The van der Waals surface area contributed by atoms with Crippen LogP contribution in [0.25, 0.3) is 28.1 Å². The molecule has 0 saturated heterocycles. The van der Waals surface area contributed by atoms with E-state index in [0.717, 1.165) is 33.6 Å². The van der Waals surface area contributed by atoms with E-state index >= 15 is 0 Å². The van der Waals surface area contributed by atoms with Crippen molar-refractivity contribution in [3.8, 4) is 22.5 Å². The lowest BCUT2D eigenvalue weighted by atomic mass is 9.65. The molecule has 0 amide bonds. The van der Waals surface area contributed by atoms with Gasteiger partial charge in [0, 0.05) is 52.5 Å². The summed E-state index contributed by atoms with van der Waals surface area (Å²) in [5.74, 6) is 0.207. The predicted molar refractivity (Wildman–Crippen MR) is 117 cm³/mol. The Morgan fingerprint density at radius 2 is 1.43 bits per heavy atom. The zero-order valence-corrected chi connectivity index (χ0v) is 16.9. The lowest BCUT2D eigenvalue weighted by Crippen LogP contribution is -2.31. The van der Waals surface area contributed by atoms with Gasteiger partial charge in [-0.05, 0) is 35.8 Å². The van der Waals surface area contributed by atoms with Crippen LogP contribution in [0.3, 0.4) is 0 Å². The predicted octanol–water partition coefficient (Wildman–Crippen LogP) is 4.80. The SMILES string of the molecule is CC1C(c2cn[nH]c2-c2ccncc2)=CC=CC1(C)c1cn[nH]c1-c1ccncc1. The van der Waals surface area contributed by atoms with E-state index in [4.69, 9.17) is 0 Å². The number of hydrogen-bond donors (Lipinski definition) is 2. The lowest BCUT2D eigenvalue weighted by Gasteiger charge is -2.37. The minimum absolute atomic E-state index is 0.207. The van der Waals surface area contributed by atoms with Crippen LogP contribution in [0.5, 0.6) is 0 Å². The first-order chi connectivity index (χ1) is 14.7. The molecule has 0 saturated carbocycles. The molecule has 0 fully saturated rings. The first-order valence-corrected chi connectivity index (χ1v) is 9.96. The first kappa shape index (κ1) is 18.2. The molecule has 6 heteroatoms. The molecule has 5 rings (SSSR count). The summed E-state index contributed by atoms with van der Waals surface area (Å²) in [6, 6.07) is 8.01. The Kier molecular flexibility index (Phi) is 4.39. The molecule has 2 atom stereocenters. The number of allylic oxidation sites excluding steroid dienone is 4. The fraction of sp³-hybridized carbons (Fsp3) is 0.167. The second-order valence-electron chi connectivity index (χ2n) is 7.77. The van der Waals surface area contributed by atoms with Crippen molar-refractivity contribution in [2.45, 2.75) is 19.3 Å². The molecule has 0 aliphatic heterocycles. The van der Waals surface area contributed by atoms with Gasteiger partial charge >= 0.3 is 0 Å². The molecule has 148 valence electrons. The highest BCUT2D eigenvalue weighted by atomic mass is 15.1. The molecule has 1 aliphatic rings. The van der Waals surface area contributed by atoms with Gasteiger partial charge in [0.05, 0.1) is 23.8 Å². The van der Waals surface area contributed by atoms with Crippen LogP contribution in [0, 0.1) is 5.92 Å². The van der Waals surface area contributed by atoms with Gasteiger partial charge in [-0.25, -0.2) is 0 Å². The van der Waals surface area contributed by atoms with Crippen LogP contribution >= 0.6 is 0 Å². The molecule has 0 spiro atoms. The van der Waals surface area contributed by atoms with E-state index in [2.05, 4.69) is 62.4 Å². The van der Waals surface area contributed by atoms with E-state index < -0.39 is 0 Å². The van der Waals surface area contributed by atoms with Gasteiger partial charge in [-0.15, -0.1) is 0 Å². The van der Waals surface area contributed by atoms with E-state index in [9.17, 15) is 0 Å². The van der Waals surface area contributed by atoms with Crippen molar-refractivity contribution in [1.82, 2.24) is 30.4 Å². The fourth-order valence-electron chi connectivity index (χ4n) is 4.29. The second kappa shape index (κ2) is 7.22. The lowest BCUT2D eigenvalue weighted by molar-refractivity contribution is 0.472. The standard InChI is InChI=1S/C24H22N6/c1-16-19(20-14-27-29-22(20)17-5-10-25-11-6-17)4-3-9-24(16,2)21-15-28-30-23(21)18-7-12-26-13-8-18/h3-16H,1-2H3,(H,27,29)(H,28,30). The number of pyridine rings is 2. The highest BCUT2D eigenvalue weighted by Crippen LogP contribution is 2.47. The van der Waals surface area contributed by atoms with E-state index in [0.29, 0.717) is 0 Å². The smallest absolute Gasteiger partial charge is 0.0726 e. The summed E-state index contributed by atoms with van der Waals surface area (Å²) in [7, 11) is 0. The Balaban J connectivity index is 1.57. The molecule has 1 aliphatic carbocycles. The van der Waals surface area contributed by atoms with Crippen LogP contribution in [0.1, 0.15) is 25.0 Å². The number of aromatic amines is 2. The number of H-pyrrole nitrogens is 2. The van der Waals surface area contributed by atoms with Crippen molar-refractivity contribution in [1.29, 1.82) is 0 Å². The fourth-order valence-corrected chi connectivity index (χ4v) is 4.29. The van der Waals surface area contributed by atoms with Crippen LogP contribution in [0.2, 0.25) is 0 Å². The molecule has 2 N–H and O–H groups in total. The number of nitrogens with zero attached hydrogens (tertiary/aromatic N) is 4. The Morgan fingerprint density at radius 3 is 2.13 bits per heavy atom. The zero-order chi connectivity index (χ0) is 20.6. The molecule has 4 heterocycles. The van der Waals surface area contributed by atoms with Crippen LogP contribution in [0.15, 0.2) is 79.7 Å². The van der Waals surface area contributed by atoms with Crippen molar-refractivity contribution in [3.05, 3.63) is 90.8 Å². The van der Waals surface area contributed by atoms with Gasteiger partial charge in [0.25, 0.3) is 0 Å². The van der Waals surface area contributed by atoms with Crippen molar-refractivity contribution >= 4 is 5.57 Å². The summed E-state index contributed by atoms with van der Waals surface area (Å²) >= 11 is 0. The number of aromatic nitrogens is 6. The van der Waals surface area contributed by atoms with Crippen molar-refractivity contribution in [3.63, 3.8) is 0 Å². The average Bonchev–Trinajstić information content (AvgIpc) is 3.47. The average molecular weight is 394 g/mol. The molecule has 4 aromatic rings. The minimum Gasteiger partial charge on any atom is -0.278 e. The summed E-state index contributed by atoms with van der Waals surface area (Å²) in [6.07, 6.45) is 17.7. The molecule has 30 heavy (non-hydrogen) atoms. The van der Waals surface area contributed by atoms with Crippen LogP contribution in [-0.4, -0.2) is 30.4 Å². The maximum absolute atomic E-state index is 4.38. The third kappa shape index (κ3) is 2.88. The largest absolute Gasteiger partial charge is 0.278 e. The second-order valence-corrected chi connectivity index (χ2v) is 7.77. The zero-order valence-electron chi connectivity index (χ0n) is 16.9. The minimum atomic E-state index is -0.234. The van der Waals surface area contributed by atoms with Crippen LogP contribution in [-0.2, 0) is 5.41 Å². The Labute approximate surface area is 174 Å². The van der Waals surface area contributed by atoms with Crippen molar-refractivity contribution in [2.24, 2.45) is 5.92 Å². The topological polar surface area (TPSA) is 83.1 Å². The van der Waals surface area contributed by atoms with Gasteiger partial charge in [-0.1, -0.05) is 32.1 Å².